The van der Waals surface area contributed by atoms with E-state index < -0.39 is 0 Å². The van der Waals surface area contributed by atoms with Crippen LogP contribution in [0.2, 0.25) is 0 Å². The highest BCUT2D eigenvalue weighted by molar-refractivity contribution is 4.94. The summed E-state index contributed by atoms with van der Waals surface area (Å²) >= 11 is 0. The van der Waals surface area contributed by atoms with E-state index in [9.17, 15) is 5.11 Å². The van der Waals surface area contributed by atoms with Gasteiger partial charge in [0.25, 0.3) is 0 Å². The standard InChI is InChI=1S/C13H25NO/c1-13(2)9-5-8-12(13)14-10-6-3-4-7-11(10)15/h10-12,14-15H,3-9H2,1-2H3. The fourth-order valence-corrected chi connectivity index (χ4v) is 3.20. The van der Waals surface area contributed by atoms with E-state index in [1.807, 2.05) is 0 Å². The van der Waals surface area contributed by atoms with E-state index in [-0.39, 0.29) is 6.10 Å². The van der Waals surface area contributed by atoms with Gasteiger partial charge < -0.3 is 10.4 Å². The second-order valence-electron chi connectivity index (χ2n) is 6.06. The summed E-state index contributed by atoms with van der Waals surface area (Å²) < 4.78 is 0. The highest BCUT2D eigenvalue weighted by Gasteiger charge is 2.37. The van der Waals surface area contributed by atoms with Crippen molar-refractivity contribution in [1.82, 2.24) is 5.32 Å². The second-order valence-corrected chi connectivity index (χ2v) is 6.06. The Labute approximate surface area is 93.5 Å². The lowest BCUT2D eigenvalue weighted by Crippen LogP contribution is -2.50. The molecule has 3 atom stereocenters. The Kier molecular flexibility index (Phi) is 3.36. The molecule has 2 fully saturated rings. The van der Waals surface area contributed by atoms with Crippen LogP contribution in [0, 0.1) is 5.41 Å². The topological polar surface area (TPSA) is 32.3 Å². The summed E-state index contributed by atoms with van der Waals surface area (Å²) in [7, 11) is 0. The van der Waals surface area contributed by atoms with Crippen LogP contribution in [-0.4, -0.2) is 23.3 Å². The van der Waals surface area contributed by atoms with Crippen molar-refractivity contribution in [2.45, 2.75) is 77.0 Å². The van der Waals surface area contributed by atoms with E-state index in [4.69, 9.17) is 0 Å². The van der Waals surface area contributed by atoms with E-state index in [1.54, 1.807) is 0 Å². The van der Waals surface area contributed by atoms with Crippen molar-refractivity contribution < 1.29 is 5.11 Å². The van der Waals surface area contributed by atoms with Gasteiger partial charge in [-0.15, -0.1) is 0 Å². The maximum atomic E-state index is 9.94. The predicted octanol–water partition coefficient (Wildman–Crippen LogP) is 2.46. The monoisotopic (exact) mass is 211 g/mol. The van der Waals surface area contributed by atoms with Gasteiger partial charge >= 0.3 is 0 Å². The first kappa shape index (κ1) is 11.4. The van der Waals surface area contributed by atoms with Gasteiger partial charge in [0.1, 0.15) is 0 Å². The first-order chi connectivity index (χ1) is 7.09. The van der Waals surface area contributed by atoms with E-state index in [0.717, 1.165) is 12.8 Å². The van der Waals surface area contributed by atoms with Gasteiger partial charge in [0.05, 0.1) is 6.10 Å². The van der Waals surface area contributed by atoms with Crippen molar-refractivity contribution in [2.24, 2.45) is 5.41 Å². The molecule has 2 aliphatic rings. The molecule has 0 bridgehead atoms. The Morgan fingerprint density at radius 2 is 1.80 bits per heavy atom. The number of hydrogen-bond acceptors (Lipinski definition) is 2. The van der Waals surface area contributed by atoms with Crippen molar-refractivity contribution >= 4 is 0 Å². The quantitative estimate of drug-likeness (QED) is 0.735. The summed E-state index contributed by atoms with van der Waals surface area (Å²) in [5, 5.41) is 13.6. The lowest BCUT2D eigenvalue weighted by Gasteiger charge is -2.36. The SMILES string of the molecule is CC1(C)CCCC1NC1CCCCC1O. The molecule has 0 aromatic carbocycles. The minimum atomic E-state index is -0.102. The molecule has 0 spiro atoms. The molecule has 0 aliphatic heterocycles. The maximum Gasteiger partial charge on any atom is 0.0693 e. The minimum Gasteiger partial charge on any atom is -0.392 e. The molecule has 2 nitrogen and oxygen atoms in total. The van der Waals surface area contributed by atoms with Crippen molar-refractivity contribution in [2.75, 3.05) is 0 Å². The average molecular weight is 211 g/mol. The summed E-state index contributed by atoms with van der Waals surface area (Å²) in [5.74, 6) is 0. The normalized spacial score (nSPS) is 40.6. The highest BCUT2D eigenvalue weighted by atomic mass is 16.3. The van der Waals surface area contributed by atoms with Crippen molar-refractivity contribution in [1.29, 1.82) is 0 Å². The van der Waals surface area contributed by atoms with E-state index in [1.165, 1.54) is 32.1 Å². The number of aliphatic hydroxyl groups excluding tert-OH is 1. The molecule has 0 amide bonds. The van der Waals surface area contributed by atoms with Crippen LogP contribution < -0.4 is 5.32 Å². The Hall–Kier alpha value is -0.0800. The molecule has 2 N–H and O–H groups in total. The molecule has 0 radical (unpaired) electrons. The van der Waals surface area contributed by atoms with Crippen molar-refractivity contribution in [3.63, 3.8) is 0 Å². The summed E-state index contributed by atoms with van der Waals surface area (Å²) in [4.78, 5) is 0. The second kappa shape index (κ2) is 4.42. The first-order valence-corrected chi connectivity index (χ1v) is 6.54. The van der Waals surface area contributed by atoms with Crippen molar-refractivity contribution in [3.05, 3.63) is 0 Å². The Balaban J connectivity index is 1.90. The van der Waals surface area contributed by atoms with E-state index in [0.29, 0.717) is 17.5 Å². The lowest BCUT2D eigenvalue weighted by molar-refractivity contribution is 0.0759. The average Bonchev–Trinajstić information content (AvgIpc) is 2.50. The van der Waals surface area contributed by atoms with Crippen LogP contribution in [0.4, 0.5) is 0 Å². The molecule has 0 aromatic rings. The highest BCUT2D eigenvalue weighted by Crippen LogP contribution is 2.38. The molecule has 0 saturated heterocycles. The molecule has 2 heteroatoms. The third kappa shape index (κ3) is 2.54. The van der Waals surface area contributed by atoms with Crippen LogP contribution in [0.15, 0.2) is 0 Å². The van der Waals surface area contributed by atoms with Crippen LogP contribution in [0.3, 0.4) is 0 Å². The lowest BCUT2D eigenvalue weighted by atomic mass is 9.85. The molecule has 88 valence electrons. The van der Waals surface area contributed by atoms with Crippen LogP contribution in [-0.2, 0) is 0 Å². The molecular weight excluding hydrogens is 186 g/mol. The fourth-order valence-electron chi connectivity index (χ4n) is 3.20. The molecule has 2 saturated carbocycles. The van der Waals surface area contributed by atoms with Gasteiger partial charge in [-0.05, 0) is 31.1 Å². The largest absolute Gasteiger partial charge is 0.392 e. The van der Waals surface area contributed by atoms with Crippen LogP contribution in [0.5, 0.6) is 0 Å². The fraction of sp³-hybridized carbons (Fsp3) is 1.00. The zero-order chi connectivity index (χ0) is 10.9. The van der Waals surface area contributed by atoms with Gasteiger partial charge in [-0.1, -0.05) is 33.1 Å². The smallest absolute Gasteiger partial charge is 0.0693 e. The molecule has 2 rings (SSSR count). The third-order valence-electron chi connectivity index (χ3n) is 4.40. The Morgan fingerprint density at radius 3 is 2.40 bits per heavy atom. The van der Waals surface area contributed by atoms with E-state index >= 15 is 0 Å². The molecule has 3 unspecified atom stereocenters. The number of hydrogen-bond donors (Lipinski definition) is 2. The number of rotatable bonds is 2. The molecule has 2 aliphatic carbocycles. The number of nitrogens with one attached hydrogen (secondary N) is 1. The molecule has 0 heterocycles. The van der Waals surface area contributed by atoms with Gasteiger partial charge in [0, 0.05) is 12.1 Å². The predicted molar refractivity (Wildman–Crippen MR) is 62.8 cm³/mol. The zero-order valence-electron chi connectivity index (χ0n) is 10.1. The van der Waals surface area contributed by atoms with Crippen LogP contribution >= 0.6 is 0 Å². The van der Waals surface area contributed by atoms with Crippen molar-refractivity contribution in [3.8, 4) is 0 Å². The first-order valence-electron chi connectivity index (χ1n) is 6.54. The number of aliphatic hydroxyl groups is 1. The molecule has 15 heavy (non-hydrogen) atoms. The summed E-state index contributed by atoms with van der Waals surface area (Å²) in [6.45, 7) is 4.71. The van der Waals surface area contributed by atoms with Gasteiger partial charge in [0.15, 0.2) is 0 Å². The summed E-state index contributed by atoms with van der Waals surface area (Å²) in [6.07, 6.45) is 8.49. The third-order valence-corrected chi connectivity index (χ3v) is 4.40. The molecular formula is C13H25NO. The maximum absolute atomic E-state index is 9.94. The Bertz CT molecular complexity index is 215. The van der Waals surface area contributed by atoms with Gasteiger partial charge in [-0.25, -0.2) is 0 Å². The van der Waals surface area contributed by atoms with Gasteiger partial charge in [-0.3, -0.25) is 0 Å². The summed E-state index contributed by atoms with van der Waals surface area (Å²) in [5.41, 5.74) is 0.428. The van der Waals surface area contributed by atoms with Gasteiger partial charge in [-0.2, -0.15) is 0 Å². The zero-order valence-corrected chi connectivity index (χ0v) is 10.1. The minimum absolute atomic E-state index is 0.102. The Morgan fingerprint density at radius 1 is 1.07 bits per heavy atom. The van der Waals surface area contributed by atoms with Crippen LogP contribution in [0.1, 0.15) is 58.8 Å². The van der Waals surface area contributed by atoms with Crippen LogP contribution in [0.25, 0.3) is 0 Å². The van der Waals surface area contributed by atoms with E-state index in [2.05, 4.69) is 19.2 Å². The van der Waals surface area contributed by atoms with Gasteiger partial charge in [0.2, 0.25) is 0 Å². The summed E-state index contributed by atoms with van der Waals surface area (Å²) in [6, 6.07) is 0.983. The molecule has 0 aromatic heterocycles.